The van der Waals surface area contributed by atoms with Crippen molar-refractivity contribution in [3.05, 3.63) is 12.2 Å². The monoisotopic (exact) mass is 274 g/mol. The number of fused-ring (bicyclic) bond motifs is 9. The van der Waals surface area contributed by atoms with Crippen LogP contribution in [0.25, 0.3) is 0 Å². The quantitative estimate of drug-likeness (QED) is 0.444. The lowest BCUT2D eigenvalue weighted by Gasteiger charge is -2.37. The van der Waals surface area contributed by atoms with Crippen molar-refractivity contribution in [1.82, 2.24) is 0 Å². The van der Waals surface area contributed by atoms with E-state index in [-0.39, 0.29) is 17.5 Å². The van der Waals surface area contributed by atoms with Crippen LogP contribution >= 0.6 is 0 Å². The first-order valence-corrected chi connectivity index (χ1v) is 8.41. The van der Waals surface area contributed by atoms with E-state index < -0.39 is 0 Å². The maximum absolute atomic E-state index is 12.6. The van der Waals surface area contributed by atoms with Gasteiger partial charge in [0.15, 0.2) is 0 Å². The van der Waals surface area contributed by atoms with Crippen LogP contribution in [0.15, 0.2) is 12.2 Å². The molecule has 0 spiro atoms. The van der Waals surface area contributed by atoms with Gasteiger partial charge in [0.2, 0.25) is 0 Å². The standard InChI is InChI=1S/C18H26O2/c1-4-18(2,3)20-17(19)14-9-12-8-13(14)16-11-6-5-10(7-11)15(12)16/h5-6,10-16H,4,7-9H2,1-3H3. The molecule has 0 aromatic rings. The van der Waals surface area contributed by atoms with Gasteiger partial charge in [-0.25, -0.2) is 0 Å². The lowest BCUT2D eigenvalue weighted by atomic mass is 9.69. The largest absolute Gasteiger partial charge is 0.459 e. The Morgan fingerprint density at radius 1 is 1.15 bits per heavy atom. The first-order valence-electron chi connectivity index (χ1n) is 8.41. The van der Waals surface area contributed by atoms with Crippen LogP contribution in [0, 0.1) is 41.4 Å². The third kappa shape index (κ3) is 1.66. The maximum atomic E-state index is 12.6. The van der Waals surface area contributed by atoms with Crippen LogP contribution in [0.4, 0.5) is 0 Å². The minimum atomic E-state index is -0.299. The van der Waals surface area contributed by atoms with Gasteiger partial charge >= 0.3 is 5.97 Å². The summed E-state index contributed by atoms with van der Waals surface area (Å²) in [6, 6.07) is 0. The molecule has 3 saturated carbocycles. The third-order valence-electron chi connectivity index (χ3n) is 6.80. The highest BCUT2D eigenvalue weighted by atomic mass is 16.6. The van der Waals surface area contributed by atoms with Gasteiger partial charge in [0, 0.05) is 0 Å². The van der Waals surface area contributed by atoms with E-state index >= 15 is 0 Å². The van der Waals surface area contributed by atoms with E-state index in [1.165, 1.54) is 12.8 Å². The number of carbonyl (C=O) groups excluding carboxylic acids is 1. The van der Waals surface area contributed by atoms with E-state index in [1.807, 2.05) is 13.8 Å². The molecule has 2 heteroatoms. The molecule has 0 amide bonds. The van der Waals surface area contributed by atoms with E-state index in [9.17, 15) is 4.79 Å². The Balaban J connectivity index is 1.51. The number of hydrogen-bond donors (Lipinski definition) is 0. The summed E-state index contributed by atoms with van der Waals surface area (Å²) in [5, 5.41) is 0. The molecule has 4 aliphatic rings. The molecule has 0 saturated heterocycles. The van der Waals surface area contributed by atoms with Crippen LogP contribution in [0.2, 0.25) is 0 Å². The number of allylic oxidation sites excluding steroid dienone is 2. The Morgan fingerprint density at radius 3 is 2.55 bits per heavy atom. The first-order chi connectivity index (χ1) is 9.50. The topological polar surface area (TPSA) is 26.3 Å². The SMILES string of the molecule is CCC(C)(C)OC(=O)C1CC2CC1C1C3C=CC(C3)C21. The normalized spacial score (nSPS) is 47.9. The van der Waals surface area contributed by atoms with Crippen LogP contribution in [0.3, 0.4) is 0 Å². The van der Waals surface area contributed by atoms with Crippen molar-refractivity contribution in [3.8, 4) is 0 Å². The van der Waals surface area contributed by atoms with Gasteiger partial charge < -0.3 is 4.74 Å². The zero-order valence-electron chi connectivity index (χ0n) is 12.8. The summed E-state index contributed by atoms with van der Waals surface area (Å²) in [7, 11) is 0. The molecule has 0 aromatic carbocycles. The second-order valence-electron chi connectivity index (χ2n) is 8.14. The van der Waals surface area contributed by atoms with Crippen LogP contribution in [-0.2, 0) is 9.53 Å². The summed E-state index contributed by atoms with van der Waals surface area (Å²) >= 11 is 0. The molecule has 0 aromatic heterocycles. The van der Waals surface area contributed by atoms with E-state index in [0.717, 1.165) is 42.4 Å². The number of ether oxygens (including phenoxy) is 1. The lowest BCUT2D eigenvalue weighted by Crippen LogP contribution is -2.38. The molecule has 0 N–H and O–H groups in total. The number of esters is 1. The van der Waals surface area contributed by atoms with Gasteiger partial charge in [-0.2, -0.15) is 0 Å². The molecule has 0 heterocycles. The second-order valence-corrected chi connectivity index (χ2v) is 8.14. The highest BCUT2D eigenvalue weighted by Gasteiger charge is 2.62. The summed E-state index contributed by atoms with van der Waals surface area (Å²) in [5.41, 5.74) is -0.299. The summed E-state index contributed by atoms with van der Waals surface area (Å²) in [5.74, 6) is 5.01. The molecule has 20 heavy (non-hydrogen) atoms. The van der Waals surface area contributed by atoms with Crippen molar-refractivity contribution in [2.24, 2.45) is 41.4 Å². The number of hydrogen-bond acceptors (Lipinski definition) is 2. The molecule has 0 aliphatic heterocycles. The van der Waals surface area contributed by atoms with Crippen LogP contribution in [0.5, 0.6) is 0 Å². The third-order valence-corrected chi connectivity index (χ3v) is 6.80. The number of rotatable bonds is 3. The Kier molecular flexibility index (Phi) is 2.66. The van der Waals surface area contributed by atoms with E-state index in [1.54, 1.807) is 0 Å². The minimum Gasteiger partial charge on any atom is -0.459 e. The molecule has 3 fully saturated rings. The minimum absolute atomic E-state index is 0.0922. The summed E-state index contributed by atoms with van der Waals surface area (Å²) in [6.07, 6.45) is 9.53. The number of carbonyl (C=O) groups is 1. The molecule has 4 bridgehead atoms. The molecule has 0 radical (unpaired) electrons. The van der Waals surface area contributed by atoms with Crippen molar-refractivity contribution >= 4 is 5.97 Å². The summed E-state index contributed by atoms with van der Waals surface area (Å²) in [6.45, 7) is 6.15. The van der Waals surface area contributed by atoms with Crippen molar-refractivity contribution < 1.29 is 9.53 Å². The van der Waals surface area contributed by atoms with Gasteiger partial charge in [-0.3, -0.25) is 4.79 Å². The molecule has 2 nitrogen and oxygen atoms in total. The molecular formula is C18H26O2. The predicted molar refractivity (Wildman–Crippen MR) is 77.9 cm³/mol. The molecule has 4 aliphatic carbocycles. The predicted octanol–water partition coefficient (Wildman–Crippen LogP) is 3.81. The lowest BCUT2D eigenvalue weighted by molar-refractivity contribution is -0.165. The van der Waals surface area contributed by atoms with E-state index in [2.05, 4.69) is 19.1 Å². The second kappa shape index (κ2) is 4.11. The van der Waals surface area contributed by atoms with Gasteiger partial charge in [0.05, 0.1) is 5.92 Å². The van der Waals surface area contributed by atoms with Crippen molar-refractivity contribution in [2.45, 2.75) is 52.1 Å². The molecule has 110 valence electrons. The van der Waals surface area contributed by atoms with Crippen LogP contribution in [-0.4, -0.2) is 11.6 Å². The fraction of sp³-hybridized carbons (Fsp3) is 0.833. The zero-order valence-corrected chi connectivity index (χ0v) is 12.8. The molecule has 4 rings (SSSR count). The van der Waals surface area contributed by atoms with Crippen molar-refractivity contribution in [2.75, 3.05) is 0 Å². The average molecular weight is 274 g/mol. The Hall–Kier alpha value is -0.790. The Morgan fingerprint density at radius 2 is 1.85 bits per heavy atom. The molecular weight excluding hydrogens is 248 g/mol. The van der Waals surface area contributed by atoms with Crippen LogP contribution < -0.4 is 0 Å². The summed E-state index contributed by atoms with van der Waals surface area (Å²) in [4.78, 5) is 12.6. The Labute approximate surface area is 122 Å². The average Bonchev–Trinajstić information content (AvgIpc) is 3.15. The van der Waals surface area contributed by atoms with Gasteiger partial charge in [0.1, 0.15) is 5.60 Å². The van der Waals surface area contributed by atoms with E-state index in [4.69, 9.17) is 4.74 Å². The van der Waals surface area contributed by atoms with Crippen molar-refractivity contribution in [1.29, 1.82) is 0 Å². The van der Waals surface area contributed by atoms with Gasteiger partial charge in [-0.15, -0.1) is 0 Å². The first kappa shape index (κ1) is 12.9. The zero-order chi connectivity index (χ0) is 14.1. The van der Waals surface area contributed by atoms with Crippen LogP contribution in [0.1, 0.15) is 46.5 Å². The van der Waals surface area contributed by atoms with E-state index in [0.29, 0.717) is 5.92 Å². The van der Waals surface area contributed by atoms with Gasteiger partial charge in [-0.05, 0) is 75.0 Å². The highest BCUT2D eigenvalue weighted by Crippen LogP contribution is 2.67. The fourth-order valence-electron chi connectivity index (χ4n) is 5.71. The van der Waals surface area contributed by atoms with Gasteiger partial charge in [-0.1, -0.05) is 19.1 Å². The fourth-order valence-corrected chi connectivity index (χ4v) is 5.71. The molecule has 7 atom stereocenters. The molecule has 7 unspecified atom stereocenters. The van der Waals surface area contributed by atoms with Crippen molar-refractivity contribution in [3.63, 3.8) is 0 Å². The maximum Gasteiger partial charge on any atom is 0.309 e. The highest BCUT2D eigenvalue weighted by molar-refractivity contribution is 5.74. The summed E-state index contributed by atoms with van der Waals surface area (Å²) < 4.78 is 5.80. The smallest absolute Gasteiger partial charge is 0.309 e. The van der Waals surface area contributed by atoms with Gasteiger partial charge in [0.25, 0.3) is 0 Å². The Bertz CT molecular complexity index is 464.